The molecule has 78 valence electrons. The maximum absolute atomic E-state index is 10.0. The number of halogens is 2. The van der Waals surface area contributed by atoms with E-state index in [0.29, 0.717) is 5.75 Å². The average molecular weight is 415 g/mol. The first-order chi connectivity index (χ1) is 5.59. The van der Waals surface area contributed by atoms with Crippen molar-refractivity contribution in [1.29, 1.82) is 0 Å². The molecule has 0 aromatic rings. The van der Waals surface area contributed by atoms with E-state index in [0.717, 1.165) is 17.5 Å². The molecule has 0 aromatic heterocycles. The first kappa shape index (κ1) is 15.5. The monoisotopic (exact) mass is 414 g/mol. The summed E-state index contributed by atoms with van der Waals surface area (Å²) in [5, 5.41) is 8.22. The van der Waals surface area contributed by atoms with E-state index in [1.165, 1.54) is 0 Å². The average Bonchev–Trinajstić information content (AvgIpc) is 2.01. The Morgan fingerprint density at radius 1 is 1.75 bits per heavy atom. The van der Waals surface area contributed by atoms with Crippen LogP contribution in [0, 0.1) is 0 Å². The van der Waals surface area contributed by atoms with Crippen LogP contribution >= 0.6 is 18.8 Å². The Morgan fingerprint density at radius 3 is 2.42 bits per heavy atom. The first-order valence-corrected chi connectivity index (χ1v) is 9.89. The van der Waals surface area contributed by atoms with Gasteiger partial charge in [-0.25, -0.2) is 0 Å². The van der Waals surface area contributed by atoms with E-state index in [9.17, 15) is 4.79 Å². The Hall–Kier alpha value is 1.05. The summed E-state index contributed by atoms with van der Waals surface area (Å²) >= 11 is 0.576. The molecule has 0 fully saturated rings. The number of aliphatic carboxylic acids is 1. The second kappa shape index (κ2) is 12.0. The van der Waals surface area contributed by atoms with E-state index in [1.54, 1.807) is 0 Å². The van der Waals surface area contributed by atoms with Crippen LogP contribution in [0.5, 0.6) is 0 Å². The van der Waals surface area contributed by atoms with Crippen molar-refractivity contribution in [2.75, 3.05) is 11.5 Å². The Balaban J connectivity index is 0. The summed E-state index contributed by atoms with van der Waals surface area (Å²) in [6.45, 7) is 1.97. The van der Waals surface area contributed by atoms with Crippen LogP contribution < -0.4 is 0 Å². The SMILES string of the molecule is CC[SH+]CC([NH-])C(=O)O.[Cl][Pt][Cl]. The van der Waals surface area contributed by atoms with Gasteiger partial charge in [0.25, 0.3) is 5.97 Å². The summed E-state index contributed by atoms with van der Waals surface area (Å²) in [4.78, 5) is 10.0. The second-order valence-electron chi connectivity index (χ2n) is 1.66. The summed E-state index contributed by atoms with van der Waals surface area (Å²) in [5.41, 5.74) is 6.92. The summed E-state index contributed by atoms with van der Waals surface area (Å²) in [6.07, 6.45) is 0. The van der Waals surface area contributed by atoms with Crippen LogP contribution in [-0.4, -0.2) is 28.6 Å². The van der Waals surface area contributed by atoms with E-state index in [2.05, 4.69) is 0 Å². The summed E-state index contributed by atoms with van der Waals surface area (Å²) in [7, 11) is 9.75. The van der Waals surface area contributed by atoms with Crippen LogP contribution in [0.25, 0.3) is 5.73 Å². The van der Waals surface area contributed by atoms with Crippen molar-refractivity contribution >= 4 is 36.6 Å². The molecule has 1 atom stereocenters. The van der Waals surface area contributed by atoms with E-state index < -0.39 is 28.5 Å². The Labute approximate surface area is 92.7 Å². The van der Waals surface area contributed by atoms with Gasteiger partial charge in [-0.2, -0.15) is 0 Å². The Morgan fingerprint density at radius 2 is 2.17 bits per heavy atom. The van der Waals surface area contributed by atoms with E-state index >= 15 is 0 Å². The molecule has 0 spiro atoms. The molecule has 0 amide bonds. The van der Waals surface area contributed by atoms with Crippen LogP contribution in [0.1, 0.15) is 6.92 Å². The molecule has 0 radical (unpaired) electrons. The molecule has 0 bridgehead atoms. The van der Waals surface area contributed by atoms with Gasteiger partial charge in [-0.15, -0.1) is 0 Å². The quantitative estimate of drug-likeness (QED) is 0.562. The number of rotatable bonds is 4. The summed E-state index contributed by atoms with van der Waals surface area (Å²) in [6, 6.07) is -0.924. The third kappa shape index (κ3) is 13.6. The molecule has 0 aliphatic heterocycles. The van der Waals surface area contributed by atoms with Gasteiger partial charge in [-0.1, -0.05) is 0 Å². The normalized spacial score (nSPS) is 11.7. The Kier molecular flexibility index (Phi) is 15.6. The minimum absolute atomic E-state index is 0.450. The molecular formula is C5H11Cl2NO2PtS. The van der Waals surface area contributed by atoms with Gasteiger partial charge in [-0.3, -0.25) is 4.79 Å². The van der Waals surface area contributed by atoms with Crippen molar-refractivity contribution in [3.63, 3.8) is 0 Å². The number of hydrogen-bond donors (Lipinski definition) is 1. The molecule has 2 N–H and O–H groups in total. The molecule has 0 saturated carbocycles. The second-order valence-corrected chi connectivity index (χ2v) is 6.39. The topological polar surface area (TPSA) is 61.1 Å². The number of thiol groups is 1. The van der Waals surface area contributed by atoms with Gasteiger partial charge in [0.1, 0.15) is 5.75 Å². The van der Waals surface area contributed by atoms with Gasteiger partial charge >= 0.3 is 35.3 Å². The van der Waals surface area contributed by atoms with Gasteiger partial charge in [0, 0.05) is 6.04 Å². The predicted octanol–water partition coefficient (Wildman–Crippen LogP) is 1.70. The first-order valence-electron chi connectivity index (χ1n) is 2.99. The zero-order chi connectivity index (χ0) is 9.98. The predicted molar refractivity (Wildman–Crippen MR) is 51.6 cm³/mol. The van der Waals surface area contributed by atoms with Crippen LogP contribution in [-0.2, 0) is 33.0 Å². The van der Waals surface area contributed by atoms with Gasteiger partial charge < -0.3 is 10.8 Å². The number of carboxylic acids is 1. The van der Waals surface area contributed by atoms with Crippen molar-refractivity contribution in [3.05, 3.63) is 5.73 Å². The van der Waals surface area contributed by atoms with Crippen molar-refractivity contribution in [2.24, 2.45) is 0 Å². The summed E-state index contributed by atoms with van der Waals surface area (Å²) < 4.78 is 0. The molecule has 0 aromatic carbocycles. The maximum atomic E-state index is 10.0. The third-order valence-corrected chi connectivity index (χ3v) is 1.90. The zero-order valence-electron chi connectivity index (χ0n) is 6.37. The fourth-order valence-corrected chi connectivity index (χ4v) is 1.01. The van der Waals surface area contributed by atoms with Crippen molar-refractivity contribution in [1.82, 2.24) is 0 Å². The van der Waals surface area contributed by atoms with E-state index in [1.807, 2.05) is 6.92 Å². The number of carboxylic acid groups (broad SMARTS) is 1. The third-order valence-electron chi connectivity index (χ3n) is 0.833. The van der Waals surface area contributed by atoms with Crippen molar-refractivity contribution < 1.29 is 26.4 Å². The van der Waals surface area contributed by atoms with Crippen LogP contribution in [0.4, 0.5) is 0 Å². The molecule has 1 unspecified atom stereocenters. The standard InChI is InChI=1S/C5H10NO2S.2ClH.Pt/c1-2-9-3-4(6)5(7)8;;;/h4,6H,2-3H2,1H3,(H,7,8);2*1H;/q-1;;;+2/p-1. The molecule has 0 rings (SSSR count). The van der Waals surface area contributed by atoms with Crippen LogP contribution in [0.15, 0.2) is 0 Å². The molecule has 0 aliphatic carbocycles. The number of hydrogen-bond acceptors (Lipinski definition) is 1. The van der Waals surface area contributed by atoms with Crippen molar-refractivity contribution in [3.8, 4) is 0 Å². The van der Waals surface area contributed by atoms with Gasteiger partial charge in [0.05, 0.1) is 5.75 Å². The molecule has 0 heterocycles. The van der Waals surface area contributed by atoms with Crippen LogP contribution in [0.3, 0.4) is 0 Å². The molecule has 3 nitrogen and oxygen atoms in total. The molecule has 12 heavy (non-hydrogen) atoms. The molecule has 0 saturated heterocycles. The fraction of sp³-hybridized carbons (Fsp3) is 0.800. The van der Waals surface area contributed by atoms with Crippen molar-refractivity contribution in [2.45, 2.75) is 13.0 Å². The van der Waals surface area contributed by atoms with E-state index in [-0.39, 0.29) is 0 Å². The summed E-state index contributed by atoms with van der Waals surface area (Å²) in [5.74, 6) is 0.366. The van der Waals surface area contributed by atoms with Gasteiger partial charge in [0.2, 0.25) is 0 Å². The van der Waals surface area contributed by atoms with E-state index in [4.69, 9.17) is 29.7 Å². The molecule has 0 aliphatic rings. The Bertz CT molecular complexity index is 120. The van der Waals surface area contributed by atoms with Gasteiger partial charge in [0.15, 0.2) is 0 Å². The zero-order valence-corrected chi connectivity index (χ0v) is 11.0. The van der Waals surface area contributed by atoms with Gasteiger partial charge in [-0.05, 0) is 18.7 Å². The number of carbonyl (C=O) groups is 1. The molecular weight excluding hydrogens is 404 g/mol. The fourth-order valence-electron chi connectivity index (χ4n) is 0.336. The van der Waals surface area contributed by atoms with Crippen LogP contribution in [0.2, 0.25) is 0 Å². The molecule has 7 heteroatoms. The number of nitrogens with one attached hydrogen (secondary N) is 1. The minimum atomic E-state index is -1.02.